The zero-order valence-corrected chi connectivity index (χ0v) is 8.40. The lowest BCUT2D eigenvalue weighted by Crippen LogP contribution is -2.52. The van der Waals surface area contributed by atoms with Crippen LogP contribution in [0.25, 0.3) is 0 Å². The second kappa shape index (κ2) is 3.22. The molecule has 76 valence electrons. The molecule has 1 N–H and O–H groups in total. The van der Waals surface area contributed by atoms with Crippen LogP contribution in [0.5, 0.6) is 0 Å². The summed E-state index contributed by atoms with van der Waals surface area (Å²) in [5, 5.41) is 3.21. The van der Waals surface area contributed by atoms with E-state index in [0.717, 1.165) is 25.9 Å². The van der Waals surface area contributed by atoms with Crippen molar-refractivity contribution < 1.29 is 13.2 Å². The summed E-state index contributed by atoms with van der Waals surface area (Å²) in [5.74, 6) is 0.420. The van der Waals surface area contributed by atoms with E-state index in [9.17, 15) is 8.42 Å². The van der Waals surface area contributed by atoms with Gasteiger partial charge in [0, 0.05) is 0 Å². The molecule has 2 aliphatic rings. The van der Waals surface area contributed by atoms with E-state index < -0.39 is 9.84 Å². The van der Waals surface area contributed by atoms with Crippen LogP contribution in [0.2, 0.25) is 0 Å². The summed E-state index contributed by atoms with van der Waals surface area (Å²) in [7, 11) is -2.84. The van der Waals surface area contributed by atoms with Crippen LogP contribution in [0.15, 0.2) is 0 Å². The Balaban J connectivity index is 2.13. The lowest BCUT2D eigenvalue weighted by molar-refractivity contribution is -0.0478. The summed E-state index contributed by atoms with van der Waals surface area (Å²) in [6.07, 6.45) is 1.65. The van der Waals surface area contributed by atoms with Crippen LogP contribution in [0.3, 0.4) is 0 Å². The zero-order valence-electron chi connectivity index (χ0n) is 7.58. The summed E-state index contributed by atoms with van der Waals surface area (Å²) in [4.78, 5) is 0. The summed E-state index contributed by atoms with van der Waals surface area (Å²) < 4.78 is 28.5. The smallest absolute Gasteiger partial charge is 0.155 e. The van der Waals surface area contributed by atoms with Gasteiger partial charge in [-0.2, -0.15) is 0 Å². The minimum atomic E-state index is -2.84. The van der Waals surface area contributed by atoms with E-state index in [0.29, 0.717) is 6.61 Å². The van der Waals surface area contributed by atoms with E-state index in [2.05, 4.69) is 5.32 Å². The van der Waals surface area contributed by atoms with Crippen molar-refractivity contribution in [3.05, 3.63) is 0 Å². The number of hydrogen-bond acceptors (Lipinski definition) is 4. The summed E-state index contributed by atoms with van der Waals surface area (Å²) in [6.45, 7) is 2.12. The zero-order chi connectivity index (χ0) is 9.36. The first-order valence-corrected chi connectivity index (χ1v) is 6.49. The molecule has 0 amide bonds. The van der Waals surface area contributed by atoms with Crippen LogP contribution in [0.4, 0.5) is 0 Å². The van der Waals surface area contributed by atoms with Gasteiger partial charge in [-0.3, -0.25) is 0 Å². The molecule has 2 aliphatic heterocycles. The van der Waals surface area contributed by atoms with Crippen molar-refractivity contribution >= 4 is 9.84 Å². The summed E-state index contributed by atoms with van der Waals surface area (Å²) in [5.41, 5.74) is -0.359. The van der Waals surface area contributed by atoms with Crippen LogP contribution in [0, 0.1) is 0 Å². The molecular weight excluding hydrogens is 190 g/mol. The van der Waals surface area contributed by atoms with Gasteiger partial charge in [-0.05, 0) is 25.9 Å². The first kappa shape index (κ1) is 9.43. The third kappa shape index (κ3) is 2.03. The Labute approximate surface area is 78.6 Å². The average Bonchev–Trinajstić information content (AvgIpc) is 2.03. The van der Waals surface area contributed by atoms with Crippen molar-refractivity contribution in [2.75, 3.05) is 31.2 Å². The van der Waals surface area contributed by atoms with Gasteiger partial charge in [0.2, 0.25) is 0 Å². The van der Waals surface area contributed by atoms with Gasteiger partial charge >= 0.3 is 0 Å². The lowest BCUT2D eigenvalue weighted by atomic mass is 9.94. The maximum atomic E-state index is 11.4. The number of ether oxygens (including phenoxy) is 1. The van der Waals surface area contributed by atoms with E-state index in [1.54, 1.807) is 0 Å². The van der Waals surface area contributed by atoms with Crippen molar-refractivity contribution in [1.29, 1.82) is 0 Å². The molecule has 0 bridgehead atoms. The number of nitrogens with one attached hydrogen (secondary N) is 1. The number of piperidine rings is 1. The van der Waals surface area contributed by atoms with Gasteiger partial charge < -0.3 is 10.1 Å². The molecule has 0 unspecified atom stereocenters. The van der Waals surface area contributed by atoms with Gasteiger partial charge in [-0.15, -0.1) is 0 Å². The molecule has 0 saturated carbocycles. The first-order valence-electron chi connectivity index (χ1n) is 4.67. The summed E-state index contributed by atoms with van der Waals surface area (Å²) in [6, 6.07) is 0. The third-order valence-electron chi connectivity index (χ3n) is 2.80. The predicted octanol–water partition coefficient (Wildman–Crippen LogP) is -0.446. The Hall–Kier alpha value is -0.130. The fourth-order valence-electron chi connectivity index (χ4n) is 2.07. The van der Waals surface area contributed by atoms with Crippen LogP contribution in [-0.2, 0) is 14.6 Å². The molecule has 0 aliphatic carbocycles. The second-order valence-corrected chi connectivity index (χ2v) is 6.06. The van der Waals surface area contributed by atoms with Crippen LogP contribution >= 0.6 is 0 Å². The molecule has 0 radical (unpaired) electrons. The van der Waals surface area contributed by atoms with Crippen molar-refractivity contribution in [2.24, 2.45) is 0 Å². The van der Waals surface area contributed by atoms with E-state index in [1.807, 2.05) is 0 Å². The molecular formula is C8H15NO3S. The SMILES string of the molecule is O=S1(=O)CCOC2(CCNCC2)C1. The van der Waals surface area contributed by atoms with Gasteiger partial charge in [-0.25, -0.2) is 8.42 Å². The normalized spacial score (nSPS) is 31.7. The Morgan fingerprint density at radius 1 is 1.23 bits per heavy atom. The van der Waals surface area contributed by atoms with E-state index in [1.165, 1.54) is 0 Å². The van der Waals surface area contributed by atoms with Crippen molar-refractivity contribution in [2.45, 2.75) is 18.4 Å². The standard InChI is InChI=1S/C8H15NO3S/c10-13(11)6-5-12-8(7-13)1-3-9-4-2-8/h9H,1-7H2. The van der Waals surface area contributed by atoms with Gasteiger partial charge in [0.05, 0.1) is 23.7 Å². The van der Waals surface area contributed by atoms with Crippen LogP contribution in [-0.4, -0.2) is 45.2 Å². The molecule has 2 heterocycles. The topological polar surface area (TPSA) is 55.4 Å². The molecule has 2 saturated heterocycles. The Morgan fingerprint density at radius 3 is 2.54 bits per heavy atom. The quantitative estimate of drug-likeness (QED) is 0.582. The van der Waals surface area contributed by atoms with Crippen molar-refractivity contribution in [3.63, 3.8) is 0 Å². The average molecular weight is 205 g/mol. The van der Waals surface area contributed by atoms with Gasteiger partial charge in [0.25, 0.3) is 0 Å². The highest BCUT2D eigenvalue weighted by molar-refractivity contribution is 7.91. The summed E-state index contributed by atoms with van der Waals surface area (Å²) >= 11 is 0. The minimum Gasteiger partial charge on any atom is -0.373 e. The maximum Gasteiger partial charge on any atom is 0.155 e. The number of hydrogen-bond donors (Lipinski definition) is 1. The fraction of sp³-hybridized carbons (Fsp3) is 1.00. The minimum absolute atomic E-state index is 0.197. The highest BCUT2D eigenvalue weighted by Gasteiger charge is 2.40. The Bertz CT molecular complexity index is 274. The Morgan fingerprint density at radius 2 is 1.92 bits per heavy atom. The van der Waals surface area contributed by atoms with Gasteiger partial charge in [-0.1, -0.05) is 0 Å². The van der Waals surface area contributed by atoms with Crippen molar-refractivity contribution in [3.8, 4) is 0 Å². The first-order chi connectivity index (χ1) is 6.12. The molecule has 0 aromatic carbocycles. The molecule has 5 heteroatoms. The number of sulfone groups is 1. The van der Waals surface area contributed by atoms with Crippen LogP contribution in [0.1, 0.15) is 12.8 Å². The molecule has 1 spiro atoms. The second-order valence-electron chi connectivity index (χ2n) is 3.87. The number of rotatable bonds is 0. The van der Waals surface area contributed by atoms with E-state index in [4.69, 9.17) is 4.74 Å². The molecule has 2 fully saturated rings. The lowest BCUT2D eigenvalue weighted by Gasteiger charge is -2.39. The van der Waals surface area contributed by atoms with E-state index in [-0.39, 0.29) is 17.1 Å². The van der Waals surface area contributed by atoms with Crippen molar-refractivity contribution in [1.82, 2.24) is 5.32 Å². The van der Waals surface area contributed by atoms with Gasteiger partial charge in [0.15, 0.2) is 9.84 Å². The highest BCUT2D eigenvalue weighted by atomic mass is 32.2. The molecule has 4 nitrogen and oxygen atoms in total. The molecule has 0 aromatic rings. The molecule has 2 rings (SSSR count). The third-order valence-corrected chi connectivity index (χ3v) is 4.55. The molecule has 0 aromatic heterocycles. The highest BCUT2D eigenvalue weighted by Crippen LogP contribution is 2.28. The maximum absolute atomic E-state index is 11.4. The van der Waals surface area contributed by atoms with Gasteiger partial charge in [0.1, 0.15) is 0 Å². The Kier molecular flexibility index (Phi) is 2.33. The van der Waals surface area contributed by atoms with Crippen LogP contribution < -0.4 is 5.32 Å². The fourth-order valence-corrected chi connectivity index (χ4v) is 3.73. The largest absolute Gasteiger partial charge is 0.373 e. The molecule has 0 atom stereocenters. The molecule has 13 heavy (non-hydrogen) atoms. The predicted molar refractivity (Wildman–Crippen MR) is 49.4 cm³/mol. The van der Waals surface area contributed by atoms with E-state index >= 15 is 0 Å². The monoisotopic (exact) mass is 205 g/mol.